The minimum Gasteiger partial charge on any atom is -0.504 e. The van der Waals surface area contributed by atoms with Crippen molar-refractivity contribution in [2.75, 3.05) is 6.54 Å². The smallest absolute Gasteiger partial charge is 0.265 e. The van der Waals surface area contributed by atoms with Gasteiger partial charge in [-0.05, 0) is 67.8 Å². The standard InChI is InChI=1S/C28H29N3O6/c1-17(2)37-20-9-7-19(8-10-20)21(26-27(35)30-24-5-3-4-14-31(24)28(26)36)16-25(34)29-13-12-18-6-11-22(32)23(33)15-18/h3-11,14-15,17,21,32-33,35H,12-13,16H2,1-2H3,(H,29,34)/t21-/m1/s1. The van der Waals surface area contributed by atoms with E-state index in [-0.39, 0.29) is 42.0 Å². The number of aromatic hydroxyl groups is 3. The highest BCUT2D eigenvalue weighted by molar-refractivity contribution is 5.77. The number of nitrogens with one attached hydrogen (secondary N) is 1. The molecule has 0 unspecified atom stereocenters. The fourth-order valence-electron chi connectivity index (χ4n) is 4.16. The Hall–Kier alpha value is -4.53. The van der Waals surface area contributed by atoms with E-state index in [9.17, 15) is 24.9 Å². The van der Waals surface area contributed by atoms with Crippen LogP contribution in [0.3, 0.4) is 0 Å². The number of amides is 1. The number of hydrogen-bond acceptors (Lipinski definition) is 7. The Labute approximate surface area is 213 Å². The van der Waals surface area contributed by atoms with Gasteiger partial charge in [0.1, 0.15) is 11.4 Å². The molecule has 0 aliphatic heterocycles. The fourth-order valence-corrected chi connectivity index (χ4v) is 4.16. The van der Waals surface area contributed by atoms with E-state index in [0.717, 1.165) is 5.56 Å². The summed E-state index contributed by atoms with van der Waals surface area (Å²) in [5.41, 5.74) is 1.26. The molecular weight excluding hydrogens is 474 g/mol. The van der Waals surface area contributed by atoms with E-state index in [4.69, 9.17) is 4.74 Å². The summed E-state index contributed by atoms with van der Waals surface area (Å²) in [6.07, 6.45) is 1.88. The topological polar surface area (TPSA) is 133 Å². The van der Waals surface area contributed by atoms with Gasteiger partial charge in [0.05, 0.1) is 11.7 Å². The maximum Gasteiger partial charge on any atom is 0.265 e. The molecule has 0 radical (unpaired) electrons. The van der Waals surface area contributed by atoms with Gasteiger partial charge in [-0.3, -0.25) is 14.0 Å². The van der Waals surface area contributed by atoms with Crippen molar-refractivity contribution in [2.24, 2.45) is 0 Å². The molecule has 9 heteroatoms. The minimum absolute atomic E-state index is 0.0127. The zero-order valence-corrected chi connectivity index (χ0v) is 20.6. The largest absolute Gasteiger partial charge is 0.504 e. The molecule has 37 heavy (non-hydrogen) atoms. The number of aromatic nitrogens is 2. The van der Waals surface area contributed by atoms with Crippen LogP contribution in [0.15, 0.2) is 71.7 Å². The number of pyridine rings is 1. The number of fused-ring (bicyclic) bond motifs is 1. The van der Waals surface area contributed by atoms with E-state index in [0.29, 0.717) is 23.4 Å². The Balaban J connectivity index is 1.60. The predicted molar refractivity (Wildman–Crippen MR) is 138 cm³/mol. The number of hydrogen-bond donors (Lipinski definition) is 4. The monoisotopic (exact) mass is 503 g/mol. The predicted octanol–water partition coefficient (Wildman–Crippen LogP) is 3.48. The first-order valence-electron chi connectivity index (χ1n) is 12.0. The number of nitrogens with zero attached hydrogens (tertiary/aromatic N) is 2. The second kappa shape index (κ2) is 11.0. The van der Waals surface area contributed by atoms with E-state index in [1.807, 2.05) is 13.8 Å². The summed E-state index contributed by atoms with van der Waals surface area (Å²) in [5.74, 6) is -1.30. The normalized spacial score (nSPS) is 12.0. The molecule has 192 valence electrons. The summed E-state index contributed by atoms with van der Waals surface area (Å²) in [6.45, 7) is 4.11. The SMILES string of the molecule is CC(C)Oc1ccc([C@@H](CC(=O)NCCc2ccc(O)c(O)c2)c2c(O)nc3ccccn3c2=O)cc1. The number of phenolic OH excluding ortho intramolecular Hbond substituents is 2. The van der Waals surface area contributed by atoms with Gasteiger partial charge >= 0.3 is 0 Å². The van der Waals surface area contributed by atoms with E-state index >= 15 is 0 Å². The summed E-state index contributed by atoms with van der Waals surface area (Å²) >= 11 is 0. The maximum atomic E-state index is 13.4. The highest BCUT2D eigenvalue weighted by Crippen LogP contribution is 2.32. The zero-order chi connectivity index (χ0) is 26.5. The van der Waals surface area contributed by atoms with E-state index in [2.05, 4.69) is 10.3 Å². The van der Waals surface area contributed by atoms with Crippen LogP contribution in [0.4, 0.5) is 0 Å². The molecule has 1 atom stereocenters. The second-order valence-electron chi connectivity index (χ2n) is 9.00. The second-order valence-corrected chi connectivity index (χ2v) is 9.00. The lowest BCUT2D eigenvalue weighted by Gasteiger charge is -2.19. The third-order valence-corrected chi connectivity index (χ3v) is 5.92. The van der Waals surface area contributed by atoms with Crippen LogP contribution in [-0.2, 0) is 11.2 Å². The number of rotatable bonds is 9. The van der Waals surface area contributed by atoms with Crippen LogP contribution in [0.2, 0.25) is 0 Å². The van der Waals surface area contributed by atoms with Crippen molar-refractivity contribution in [3.8, 4) is 23.1 Å². The van der Waals surface area contributed by atoms with Gasteiger partial charge in [0.25, 0.3) is 5.56 Å². The van der Waals surface area contributed by atoms with Gasteiger partial charge in [0.2, 0.25) is 11.8 Å². The van der Waals surface area contributed by atoms with Gasteiger partial charge in [0, 0.05) is 25.1 Å². The maximum absolute atomic E-state index is 13.4. The Morgan fingerprint density at radius 3 is 2.49 bits per heavy atom. The zero-order valence-electron chi connectivity index (χ0n) is 20.6. The van der Waals surface area contributed by atoms with Crippen molar-refractivity contribution in [3.05, 3.63) is 93.9 Å². The number of carbonyl (C=O) groups is 1. The van der Waals surface area contributed by atoms with Crippen molar-refractivity contribution in [1.82, 2.24) is 14.7 Å². The lowest BCUT2D eigenvalue weighted by molar-refractivity contribution is -0.121. The number of benzene rings is 2. The molecule has 1 amide bonds. The summed E-state index contributed by atoms with van der Waals surface area (Å²) < 4.78 is 7.05. The Kier molecular flexibility index (Phi) is 7.62. The summed E-state index contributed by atoms with van der Waals surface area (Å²) in [6, 6.07) is 16.6. The van der Waals surface area contributed by atoms with Crippen LogP contribution in [0.5, 0.6) is 23.1 Å². The average molecular weight is 504 g/mol. The summed E-state index contributed by atoms with van der Waals surface area (Å²) in [5, 5.41) is 32.7. The average Bonchev–Trinajstić information content (AvgIpc) is 2.86. The van der Waals surface area contributed by atoms with Crippen LogP contribution in [0, 0.1) is 0 Å². The number of ether oxygens (including phenoxy) is 1. The van der Waals surface area contributed by atoms with Crippen LogP contribution >= 0.6 is 0 Å². The van der Waals surface area contributed by atoms with Crippen LogP contribution in [-0.4, -0.2) is 43.3 Å². The van der Waals surface area contributed by atoms with Gasteiger partial charge in [-0.25, -0.2) is 0 Å². The molecule has 4 N–H and O–H groups in total. The molecule has 2 aromatic heterocycles. The van der Waals surface area contributed by atoms with Crippen molar-refractivity contribution < 1.29 is 24.9 Å². The molecule has 0 saturated carbocycles. The van der Waals surface area contributed by atoms with Crippen molar-refractivity contribution in [3.63, 3.8) is 0 Å². The number of phenols is 2. The van der Waals surface area contributed by atoms with Crippen LogP contribution < -0.4 is 15.6 Å². The van der Waals surface area contributed by atoms with E-state index in [1.54, 1.807) is 54.7 Å². The van der Waals surface area contributed by atoms with Gasteiger partial charge in [-0.2, -0.15) is 4.98 Å². The molecular formula is C28H29N3O6. The quantitative estimate of drug-likeness (QED) is 0.257. The highest BCUT2D eigenvalue weighted by atomic mass is 16.5. The Morgan fingerprint density at radius 2 is 1.78 bits per heavy atom. The molecule has 2 heterocycles. The van der Waals surface area contributed by atoms with Crippen LogP contribution in [0.1, 0.15) is 42.9 Å². The van der Waals surface area contributed by atoms with Gasteiger partial charge in [-0.15, -0.1) is 0 Å². The third-order valence-electron chi connectivity index (χ3n) is 5.92. The van der Waals surface area contributed by atoms with Gasteiger partial charge in [-0.1, -0.05) is 24.3 Å². The molecule has 0 aliphatic rings. The summed E-state index contributed by atoms with van der Waals surface area (Å²) in [4.78, 5) is 30.5. The Bertz CT molecular complexity index is 1460. The lowest BCUT2D eigenvalue weighted by atomic mass is 9.89. The molecule has 0 saturated heterocycles. The van der Waals surface area contributed by atoms with Crippen LogP contribution in [0.25, 0.3) is 5.65 Å². The Morgan fingerprint density at radius 1 is 1.03 bits per heavy atom. The molecule has 2 aromatic carbocycles. The third kappa shape index (κ3) is 6.00. The molecule has 9 nitrogen and oxygen atoms in total. The van der Waals surface area contributed by atoms with E-state index in [1.165, 1.54) is 16.5 Å². The van der Waals surface area contributed by atoms with Gasteiger partial charge < -0.3 is 25.4 Å². The van der Waals surface area contributed by atoms with Gasteiger partial charge in [0.15, 0.2) is 11.5 Å². The first-order chi connectivity index (χ1) is 17.7. The molecule has 4 aromatic rings. The van der Waals surface area contributed by atoms with E-state index < -0.39 is 17.4 Å². The molecule has 0 fully saturated rings. The molecule has 4 rings (SSSR count). The molecule has 0 bridgehead atoms. The molecule has 0 aliphatic carbocycles. The fraction of sp³-hybridized carbons (Fsp3) is 0.250. The van der Waals surface area contributed by atoms with Crippen molar-refractivity contribution in [2.45, 2.75) is 38.7 Å². The first-order valence-corrected chi connectivity index (χ1v) is 12.0. The van der Waals surface area contributed by atoms with Crippen molar-refractivity contribution >= 4 is 11.6 Å². The lowest BCUT2D eigenvalue weighted by Crippen LogP contribution is -2.30. The number of carbonyl (C=O) groups excluding carboxylic acids is 1. The summed E-state index contributed by atoms with van der Waals surface area (Å²) in [7, 11) is 0. The highest BCUT2D eigenvalue weighted by Gasteiger charge is 2.26. The minimum atomic E-state index is -0.761. The van der Waals surface area contributed by atoms with Crippen molar-refractivity contribution in [1.29, 1.82) is 0 Å². The molecule has 0 spiro atoms. The first kappa shape index (κ1) is 25.6.